The minimum atomic E-state index is -0.105. The molecule has 0 saturated carbocycles. The predicted molar refractivity (Wildman–Crippen MR) is 99.3 cm³/mol. The van der Waals surface area contributed by atoms with Gasteiger partial charge in [-0.2, -0.15) is 5.26 Å². The lowest BCUT2D eigenvalue weighted by molar-refractivity contribution is -0.123. The van der Waals surface area contributed by atoms with E-state index < -0.39 is 0 Å². The molecule has 0 radical (unpaired) electrons. The van der Waals surface area contributed by atoms with Crippen molar-refractivity contribution in [3.8, 4) is 6.07 Å². The van der Waals surface area contributed by atoms with Gasteiger partial charge in [0.2, 0.25) is 11.8 Å². The molecule has 2 amide bonds. The van der Waals surface area contributed by atoms with Crippen molar-refractivity contribution >= 4 is 17.5 Å². The van der Waals surface area contributed by atoms with Gasteiger partial charge in [0.25, 0.3) is 0 Å². The molecule has 0 atom stereocenters. The maximum Gasteiger partial charge on any atom is 0.241 e. The highest BCUT2D eigenvalue weighted by atomic mass is 16.2. The summed E-state index contributed by atoms with van der Waals surface area (Å²) >= 11 is 0. The predicted octanol–water partition coefficient (Wildman–Crippen LogP) is 2.01. The summed E-state index contributed by atoms with van der Waals surface area (Å²) in [6.07, 6.45) is 0.265. The number of likely N-dealkylation sites (N-methyl/N-ethyl adjacent to an activating group) is 2. The Balaban J connectivity index is 2.92. The molecule has 0 bridgehead atoms. The minimum absolute atomic E-state index is 0.0906. The molecular formula is C19H28N4O2. The lowest BCUT2D eigenvalue weighted by Crippen LogP contribution is -2.44. The smallest absolute Gasteiger partial charge is 0.241 e. The normalized spacial score (nSPS) is 10.4. The first-order chi connectivity index (χ1) is 11.9. The Bertz CT molecular complexity index is 617. The van der Waals surface area contributed by atoms with Crippen LogP contribution in [0.25, 0.3) is 0 Å². The van der Waals surface area contributed by atoms with Crippen LogP contribution >= 0.6 is 0 Å². The van der Waals surface area contributed by atoms with Gasteiger partial charge in [-0.15, -0.1) is 0 Å². The molecule has 6 heteroatoms. The molecule has 6 nitrogen and oxygen atoms in total. The van der Waals surface area contributed by atoms with Gasteiger partial charge in [0, 0.05) is 18.8 Å². The highest BCUT2D eigenvalue weighted by Gasteiger charge is 2.20. The fourth-order valence-corrected chi connectivity index (χ4v) is 2.68. The largest absolute Gasteiger partial charge is 0.355 e. The van der Waals surface area contributed by atoms with Gasteiger partial charge in [0.1, 0.15) is 0 Å². The summed E-state index contributed by atoms with van der Waals surface area (Å²) in [6, 6.07) is 8.04. The summed E-state index contributed by atoms with van der Waals surface area (Å²) in [5, 5.41) is 11.7. The first-order valence-corrected chi connectivity index (χ1v) is 8.65. The summed E-state index contributed by atoms with van der Waals surface area (Å²) in [6.45, 7) is 9.60. The molecule has 136 valence electrons. The molecule has 1 N–H and O–H groups in total. The van der Waals surface area contributed by atoms with Crippen molar-refractivity contribution in [1.29, 1.82) is 5.26 Å². The van der Waals surface area contributed by atoms with E-state index in [0.29, 0.717) is 19.6 Å². The molecule has 0 spiro atoms. The number of carbonyl (C=O) groups is 2. The Morgan fingerprint density at radius 2 is 1.76 bits per heavy atom. The molecule has 0 heterocycles. The maximum atomic E-state index is 12.8. The number of hydrogen-bond donors (Lipinski definition) is 1. The Labute approximate surface area is 150 Å². The van der Waals surface area contributed by atoms with E-state index in [1.54, 1.807) is 9.80 Å². The minimum Gasteiger partial charge on any atom is -0.355 e. The molecule has 1 aromatic carbocycles. The van der Waals surface area contributed by atoms with Crippen LogP contribution in [0, 0.1) is 25.2 Å². The zero-order valence-corrected chi connectivity index (χ0v) is 15.6. The van der Waals surface area contributed by atoms with Crippen LogP contribution in [0.15, 0.2) is 18.2 Å². The van der Waals surface area contributed by atoms with E-state index in [4.69, 9.17) is 5.26 Å². The van der Waals surface area contributed by atoms with Crippen LogP contribution in [-0.4, -0.2) is 49.4 Å². The second-order valence-corrected chi connectivity index (χ2v) is 6.06. The van der Waals surface area contributed by atoms with E-state index in [1.807, 2.05) is 45.9 Å². The summed E-state index contributed by atoms with van der Waals surface area (Å²) in [5.41, 5.74) is 2.94. The zero-order valence-electron chi connectivity index (χ0n) is 15.6. The van der Waals surface area contributed by atoms with Crippen LogP contribution in [-0.2, 0) is 9.59 Å². The van der Waals surface area contributed by atoms with Crippen molar-refractivity contribution in [3.63, 3.8) is 0 Å². The zero-order chi connectivity index (χ0) is 18.8. The number of nitrogens with one attached hydrogen (secondary N) is 1. The number of hydrogen-bond acceptors (Lipinski definition) is 4. The highest BCUT2D eigenvalue weighted by Crippen LogP contribution is 2.19. The number of aryl methyl sites for hydroxylation is 2. The van der Waals surface area contributed by atoms with Crippen molar-refractivity contribution in [1.82, 2.24) is 10.2 Å². The number of benzene rings is 1. The van der Waals surface area contributed by atoms with Crippen LogP contribution in [0.1, 0.15) is 31.4 Å². The molecule has 0 aliphatic carbocycles. The second-order valence-electron chi connectivity index (χ2n) is 6.06. The SMILES string of the molecule is CCNC(=O)CN(CC)CC(=O)N(CCC#N)c1cc(C)cc(C)c1. The summed E-state index contributed by atoms with van der Waals surface area (Å²) < 4.78 is 0. The third-order valence-electron chi connectivity index (χ3n) is 3.81. The Kier molecular flexibility index (Phi) is 8.65. The molecular weight excluding hydrogens is 316 g/mol. The Morgan fingerprint density at radius 1 is 1.12 bits per heavy atom. The van der Waals surface area contributed by atoms with Crippen molar-refractivity contribution in [3.05, 3.63) is 29.3 Å². The number of amides is 2. The molecule has 0 unspecified atom stereocenters. The summed E-state index contributed by atoms with van der Waals surface area (Å²) in [5.74, 6) is -0.196. The van der Waals surface area contributed by atoms with Crippen LogP contribution in [0.5, 0.6) is 0 Å². The van der Waals surface area contributed by atoms with E-state index in [0.717, 1.165) is 16.8 Å². The Hall–Kier alpha value is -2.39. The number of nitriles is 1. The number of carbonyl (C=O) groups excluding carboxylic acids is 2. The van der Waals surface area contributed by atoms with Gasteiger partial charge in [-0.1, -0.05) is 13.0 Å². The molecule has 0 saturated heterocycles. The van der Waals surface area contributed by atoms with Crippen LogP contribution in [0.3, 0.4) is 0 Å². The summed E-state index contributed by atoms with van der Waals surface area (Å²) in [4.78, 5) is 28.0. The molecule has 0 aliphatic rings. The third-order valence-corrected chi connectivity index (χ3v) is 3.81. The average molecular weight is 344 g/mol. The van der Waals surface area contributed by atoms with Gasteiger partial charge in [0.15, 0.2) is 0 Å². The van der Waals surface area contributed by atoms with E-state index in [2.05, 4.69) is 11.4 Å². The van der Waals surface area contributed by atoms with Gasteiger partial charge in [0.05, 0.1) is 25.6 Å². The maximum absolute atomic E-state index is 12.8. The van der Waals surface area contributed by atoms with Gasteiger partial charge in [-0.3, -0.25) is 14.5 Å². The molecule has 25 heavy (non-hydrogen) atoms. The molecule has 0 aromatic heterocycles. The molecule has 1 rings (SSSR count). The Morgan fingerprint density at radius 3 is 2.28 bits per heavy atom. The van der Waals surface area contributed by atoms with Crippen LogP contribution in [0.2, 0.25) is 0 Å². The standard InChI is InChI=1S/C19H28N4O2/c1-5-21-18(24)13-22(6-2)14-19(25)23(9-7-8-20)17-11-15(3)10-16(4)12-17/h10-12H,5-7,9,13-14H2,1-4H3,(H,21,24). The number of rotatable bonds is 9. The summed E-state index contributed by atoms with van der Waals surface area (Å²) in [7, 11) is 0. The van der Waals surface area contributed by atoms with Gasteiger partial charge >= 0.3 is 0 Å². The first kappa shape index (κ1) is 20.7. The number of nitrogens with zero attached hydrogens (tertiary/aromatic N) is 3. The van der Waals surface area contributed by atoms with E-state index in [-0.39, 0.29) is 31.3 Å². The topological polar surface area (TPSA) is 76.4 Å². The lowest BCUT2D eigenvalue weighted by Gasteiger charge is -2.26. The second kappa shape index (κ2) is 10.5. The first-order valence-electron chi connectivity index (χ1n) is 8.65. The van der Waals surface area contributed by atoms with Gasteiger partial charge < -0.3 is 10.2 Å². The fraction of sp³-hybridized carbons (Fsp3) is 0.526. The van der Waals surface area contributed by atoms with Crippen LogP contribution in [0.4, 0.5) is 5.69 Å². The van der Waals surface area contributed by atoms with E-state index >= 15 is 0 Å². The van der Waals surface area contributed by atoms with E-state index in [1.165, 1.54) is 0 Å². The quantitative estimate of drug-likeness (QED) is 0.743. The molecule has 1 aromatic rings. The highest BCUT2D eigenvalue weighted by molar-refractivity contribution is 5.95. The van der Waals surface area contributed by atoms with Gasteiger partial charge in [-0.05, 0) is 50.6 Å². The van der Waals surface area contributed by atoms with Gasteiger partial charge in [-0.25, -0.2) is 0 Å². The number of anilines is 1. The molecule has 0 fully saturated rings. The van der Waals surface area contributed by atoms with E-state index in [9.17, 15) is 9.59 Å². The van der Waals surface area contributed by atoms with Crippen molar-refractivity contribution in [2.24, 2.45) is 0 Å². The fourth-order valence-electron chi connectivity index (χ4n) is 2.68. The lowest BCUT2D eigenvalue weighted by atomic mass is 10.1. The van der Waals surface area contributed by atoms with Crippen LogP contribution < -0.4 is 10.2 Å². The van der Waals surface area contributed by atoms with Crippen molar-refractivity contribution in [2.45, 2.75) is 34.1 Å². The monoisotopic (exact) mass is 344 g/mol. The average Bonchev–Trinajstić information content (AvgIpc) is 2.53. The van der Waals surface area contributed by atoms with Crippen molar-refractivity contribution in [2.75, 3.05) is 37.6 Å². The molecule has 0 aliphatic heterocycles. The third kappa shape index (κ3) is 6.94. The van der Waals surface area contributed by atoms with Crippen molar-refractivity contribution < 1.29 is 9.59 Å².